The molecule has 100 valence electrons. The van der Waals surface area contributed by atoms with Crippen LogP contribution in [0.2, 0.25) is 5.02 Å². The highest BCUT2D eigenvalue weighted by atomic mass is 35.5. The van der Waals surface area contributed by atoms with Crippen molar-refractivity contribution < 1.29 is 9.18 Å². The fourth-order valence-corrected chi connectivity index (χ4v) is 1.79. The Labute approximate surface area is 111 Å². The van der Waals surface area contributed by atoms with Gasteiger partial charge in [0.25, 0.3) is 0 Å². The van der Waals surface area contributed by atoms with E-state index in [4.69, 9.17) is 17.3 Å². The maximum Gasteiger partial charge on any atom is 0.239 e. The van der Waals surface area contributed by atoms with Gasteiger partial charge in [0.2, 0.25) is 5.91 Å². The van der Waals surface area contributed by atoms with Crippen LogP contribution in [0.4, 0.5) is 15.8 Å². The van der Waals surface area contributed by atoms with Crippen LogP contribution in [0.1, 0.15) is 13.8 Å². The van der Waals surface area contributed by atoms with Crippen molar-refractivity contribution in [3.63, 3.8) is 0 Å². The Morgan fingerprint density at radius 2 is 2.17 bits per heavy atom. The highest BCUT2D eigenvalue weighted by Crippen LogP contribution is 2.28. The molecule has 1 aromatic carbocycles. The molecular formula is C12H17ClFN3O. The maximum atomic E-state index is 13.4. The minimum Gasteiger partial charge on any atom is -0.397 e. The number of anilines is 2. The first-order valence-corrected chi connectivity index (χ1v) is 6.13. The van der Waals surface area contributed by atoms with Crippen LogP contribution in [0.3, 0.4) is 0 Å². The third-order valence-electron chi connectivity index (χ3n) is 2.50. The van der Waals surface area contributed by atoms with E-state index in [0.717, 1.165) is 0 Å². The second kappa shape index (κ2) is 6.44. The molecule has 3 N–H and O–H groups in total. The van der Waals surface area contributed by atoms with Gasteiger partial charge in [-0.3, -0.25) is 4.79 Å². The van der Waals surface area contributed by atoms with Gasteiger partial charge in [0, 0.05) is 19.2 Å². The zero-order valence-electron chi connectivity index (χ0n) is 10.5. The Hall–Kier alpha value is -1.49. The van der Waals surface area contributed by atoms with Gasteiger partial charge < -0.3 is 16.0 Å². The summed E-state index contributed by atoms with van der Waals surface area (Å²) in [7, 11) is 0. The summed E-state index contributed by atoms with van der Waals surface area (Å²) in [6.45, 7) is 4.94. The number of hydrogen-bond acceptors (Lipinski definition) is 3. The molecule has 4 nitrogen and oxygen atoms in total. The third kappa shape index (κ3) is 3.50. The van der Waals surface area contributed by atoms with Gasteiger partial charge in [0.15, 0.2) is 0 Å². The number of carbonyl (C=O) groups excluding carboxylic acids is 1. The first kappa shape index (κ1) is 14.6. The predicted octanol–water partition coefficient (Wildman–Crippen LogP) is 2.02. The number of nitrogens with two attached hydrogens (primary N) is 1. The summed E-state index contributed by atoms with van der Waals surface area (Å²) in [5, 5.41) is 2.66. The van der Waals surface area contributed by atoms with Crippen molar-refractivity contribution in [2.24, 2.45) is 0 Å². The van der Waals surface area contributed by atoms with Gasteiger partial charge in [-0.1, -0.05) is 11.6 Å². The lowest BCUT2D eigenvalue weighted by atomic mass is 10.2. The number of rotatable bonds is 5. The van der Waals surface area contributed by atoms with Crippen LogP contribution in [-0.4, -0.2) is 25.5 Å². The minimum atomic E-state index is -0.546. The van der Waals surface area contributed by atoms with Gasteiger partial charge in [-0.05, 0) is 19.9 Å². The van der Waals surface area contributed by atoms with Crippen LogP contribution in [0, 0.1) is 5.82 Å². The number of halogens is 2. The van der Waals surface area contributed by atoms with Crippen LogP contribution in [0.5, 0.6) is 0 Å². The summed E-state index contributed by atoms with van der Waals surface area (Å²) < 4.78 is 13.4. The zero-order valence-corrected chi connectivity index (χ0v) is 11.2. The molecule has 0 saturated heterocycles. The van der Waals surface area contributed by atoms with Gasteiger partial charge in [0.1, 0.15) is 5.82 Å². The van der Waals surface area contributed by atoms with E-state index in [1.54, 1.807) is 4.90 Å². The van der Waals surface area contributed by atoms with Gasteiger partial charge >= 0.3 is 0 Å². The van der Waals surface area contributed by atoms with Crippen molar-refractivity contribution in [1.29, 1.82) is 0 Å². The summed E-state index contributed by atoms with van der Waals surface area (Å²) in [5.74, 6) is -0.677. The molecule has 18 heavy (non-hydrogen) atoms. The van der Waals surface area contributed by atoms with E-state index in [9.17, 15) is 9.18 Å². The lowest BCUT2D eigenvalue weighted by Gasteiger charge is -2.24. The molecular weight excluding hydrogens is 257 g/mol. The summed E-state index contributed by atoms with van der Waals surface area (Å²) in [6, 6.07) is 2.60. The molecule has 0 aliphatic carbocycles. The molecule has 1 amide bonds. The van der Waals surface area contributed by atoms with Crippen molar-refractivity contribution >= 4 is 28.9 Å². The maximum absolute atomic E-state index is 13.4. The van der Waals surface area contributed by atoms with E-state index >= 15 is 0 Å². The largest absolute Gasteiger partial charge is 0.397 e. The lowest BCUT2D eigenvalue weighted by Crippen LogP contribution is -2.37. The topological polar surface area (TPSA) is 58.4 Å². The van der Waals surface area contributed by atoms with Crippen LogP contribution < -0.4 is 16.0 Å². The number of likely N-dealkylation sites (N-methyl/N-ethyl adjacent to an activating group) is 2. The molecule has 1 aromatic rings. The summed E-state index contributed by atoms with van der Waals surface area (Å²) in [5.41, 5.74) is 6.62. The molecule has 0 heterocycles. The van der Waals surface area contributed by atoms with Crippen molar-refractivity contribution in [1.82, 2.24) is 5.32 Å². The van der Waals surface area contributed by atoms with E-state index in [0.29, 0.717) is 24.5 Å². The van der Waals surface area contributed by atoms with E-state index in [1.165, 1.54) is 12.1 Å². The molecule has 1 rings (SSSR count). The highest BCUT2D eigenvalue weighted by molar-refractivity contribution is 6.31. The van der Waals surface area contributed by atoms with E-state index in [2.05, 4.69) is 5.32 Å². The molecule has 0 atom stereocenters. The van der Waals surface area contributed by atoms with E-state index in [1.807, 2.05) is 13.8 Å². The Kier molecular flexibility index (Phi) is 5.22. The molecule has 0 spiro atoms. The van der Waals surface area contributed by atoms with E-state index in [-0.39, 0.29) is 17.5 Å². The fourth-order valence-electron chi connectivity index (χ4n) is 1.62. The second-order valence-corrected chi connectivity index (χ2v) is 4.20. The molecule has 0 aliphatic rings. The molecule has 0 saturated carbocycles. The van der Waals surface area contributed by atoms with Crippen LogP contribution in [0.15, 0.2) is 12.1 Å². The van der Waals surface area contributed by atoms with Gasteiger partial charge in [-0.15, -0.1) is 0 Å². The molecule has 6 heteroatoms. The van der Waals surface area contributed by atoms with Crippen LogP contribution in [0.25, 0.3) is 0 Å². The Balaban J connectivity index is 2.95. The van der Waals surface area contributed by atoms with Gasteiger partial charge in [-0.25, -0.2) is 4.39 Å². The standard InChI is InChI=1S/C12H17ClFN3O/c1-3-16-12(18)7-17(4-2)11-6-9(14)8(13)5-10(11)15/h5-6H,3-4,7,15H2,1-2H3,(H,16,18). The monoisotopic (exact) mass is 273 g/mol. The summed E-state index contributed by atoms with van der Waals surface area (Å²) in [4.78, 5) is 13.2. The minimum absolute atomic E-state index is 0.0229. The SMILES string of the molecule is CCNC(=O)CN(CC)c1cc(F)c(Cl)cc1N. The Morgan fingerprint density at radius 1 is 1.50 bits per heavy atom. The summed E-state index contributed by atoms with van der Waals surface area (Å²) in [6.07, 6.45) is 0. The number of nitrogen functional groups attached to an aromatic ring is 1. The number of hydrogen-bond donors (Lipinski definition) is 2. The predicted molar refractivity (Wildman–Crippen MR) is 72.4 cm³/mol. The number of benzene rings is 1. The smallest absolute Gasteiger partial charge is 0.239 e. The average molecular weight is 274 g/mol. The first-order chi connectivity index (χ1) is 8.49. The molecule has 0 aromatic heterocycles. The van der Waals surface area contributed by atoms with Crippen molar-refractivity contribution in [2.45, 2.75) is 13.8 Å². The van der Waals surface area contributed by atoms with Gasteiger partial charge in [-0.2, -0.15) is 0 Å². The number of carbonyl (C=O) groups is 1. The normalized spacial score (nSPS) is 10.2. The Morgan fingerprint density at radius 3 is 2.72 bits per heavy atom. The van der Waals surface area contributed by atoms with E-state index < -0.39 is 5.82 Å². The molecule has 0 aliphatic heterocycles. The second-order valence-electron chi connectivity index (χ2n) is 3.79. The summed E-state index contributed by atoms with van der Waals surface area (Å²) >= 11 is 5.64. The quantitative estimate of drug-likeness (QED) is 0.807. The Bertz CT molecular complexity index is 440. The van der Waals surface area contributed by atoms with Crippen molar-refractivity contribution in [3.05, 3.63) is 23.0 Å². The number of amides is 1. The molecule has 0 radical (unpaired) electrons. The van der Waals surface area contributed by atoms with Gasteiger partial charge in [0.05, 0.1) is 22.9 Å². The third-order valence-corrected chi connectivity index (χ3v) is 2.79. The molecule has 0 unspecified atom stereocenters. The fraction of sp³-hybridized carbons (Fsp3) is 0.417. The van der Waals surface area contributed by atoms with Crippen LogP contribution >= 0.6 is 11.6 Å². The van der Waals surface area contributed by atoms with Crippen LogP contribution in [-0.2, 0) is 4.79 Å². The molecule has 0 fully saturated rings. The first-order valence-electron chi connectivity index (χ1n) is 5.75. The zero-order chi connectivity index (χ0) is 13.7. The molecule has 0 bridgehead atoms. The highest BCUT2D eigenvalue weighted by Gasteiger charge is 2.14. The lowest BCUT2D eigenvalue weighted by molar-refractivity contribution is -0.119. The number of nitrogens with one attached hydrogen (secondary N) is 1. The van der Waals surface area contributed by atoms with Crippen molar-refractivity contribution in [3.8, 4) is 0 Å². The number of nitrogens with zero attached hydrogens (tertiary/aromatic N) is 1. The average Bonchev–Trinajstić information content (AvgIpc) is 2.31. The van der Waals surface area contributed by atoms with Crippen molar-refractivity contribution in [2.75, 3.05) is 30.3 Å².